The topological polar surface area (TPSA) is 106 Å². The van der Waals surface area contributed by atoms with Gasteiger partial charge in [0, 0.05) is 25.8 Å². The van der Waals surface area contributed by atoms with Crippen LogP contribution in [-0.2, 0) is 19.9 Å². The van der Waals surface area contributed by atoms with E-state index < -0.39 is 17.7 Å². The number of hydrogen-bond donors (Lipinski definition) is 3. The molecule has 0 aromatic heterocycles. The summed E-state index contributed by atoms with van der Waals surface area (Å²) in [6.45, 7) is 2.23. The highest BCUT2D eigenvalue weighted by atomic mass is 16.5. The van der Waals surface area contributed by atoms with Crippen LogP contribution in [0.25, 0.3) is 0 Å². The van der Waals surface area contributed by atoms with Gasteiger partial charge in [0.15, 0.2) is 0 Å². The summed E-state index contributed by atoms with van der Waals surface area (Å²) in [6, 6.07) is 24.6. The van der Waals surface area contributed by atoms with Gasteiger partial charge in [0.05, 0.1) is 33.0 Å². The van der Waals surface area contributed by atoms with E-state index in [9.17, 15) is 14.7 Å². The lowest BCUT2D eigenvalue weighted by Crippen LogP contribution is -2.47. The Morgan fingerprint density at radius 1 is 0.818 bits per heavy atom. The number of ether oxygens (including phenoxy) is 3. The van der Waals surface area contributed by atoms with Crippen molar-refractivity contribution < 1.29 is 28.9 Å². The Balaban J connectivity index is 1.77. The lowest BCUT2D eigenvalue weighted by Gasteiger charge is -2.37. The van der Waals surface area contributed by atoms with E-state index >= 15 is 0 Å². The van der Waals surface area contributed by atoms with Crippen LogP contribution in [0.4, 0.5) is 0 Å². The van der Waals surface area contributed by atoms with Gasteiger partial charge in [-0.1, -0.05) is 61.0 Å². The summed E-state index contributed by atoms with van der Waals surface area (Å²) in [6.07, 6.45) is 7.58. The molecule has 0 bridgehead atoms. The van der Waals surface area contributed by atoms with Gasteiger partial charge < -0.3 is 30.0 Å². The van der Waals surface area contributed by atoms with Crippen molar-refractivity contribution in [3.05, 3.63) is 95.6 Å². The number of unbranched alkanes of at least 4 members (excludes halogenated alkanes) is 2. The molecular formula is C36H44N2O6. The van der Waals surface area contributed by atoms with Crippen molar-refractivity contribution in [1.82, 2.24) is 10.6 Å². The Morgan fingerprint density at radius 3 is 1.91 bits per heavy atom. The summed E-state index contributed by atoms with van der Waals surface area (Å²) in [5, 5.41) is 16.5. The molecule has 2 amide bonds. The van der Waals surface area contributed by atoms with Gasteiger partial charge >= 0.3 is 0 Å². The maximum Gasteiger partial charge on any atom is 0.220 e. The highest BCUT2D eigenvalue weighted by Gasteiger charge is 2.39. The molecule has 3 aromatic carbocycles. The Hall–Kier alpha value is -4.32. The largest absolute Gasteiger partial charge is 0.497 e. The summed E-state index contributed by atoms with van der Waals surface area (Å²) < 4.78 is 17.7. The van der Waals surface area contributed by atoms with E-state index in [0.717, 1.165) is 29.5 Å². The van der Waals surface area contributed by atoms with Gasteiger partial charge in [-0.2, -0.15) is 0 Å². The molecule has 0 radical (unpaired) electrons. The molecule has 0 unspecified atom stereocenters. The second-order valence-electron chi connectivity index (χ2n) is 10.6. The van der Waals surface area contributed by atoms with Crippen LogP contribution in [0.1, 0.15) is 62.1 Å². The molecule has 44 heavy (non-hydrogen) atoms. The van der Waals surface area contributed by atoms with Crippen molar-refractivity contribution >= 4 is 11.8 Å². The SMILES string of the molecule is C#CCCC(=O)NCCCCCC(=O)N[C@H](COC(c1ccccc1)(c1ccc(OC)cc1)c1ccc(OC)cc1)[C@@H](C)O. The van der Waals surface area contributed by atoms with E-state index in [0.29, 0.717) is 43.7 Å². The first-order valence-corrected chi connectivity index (χ1v) is 15.0. The number of hydrogen-bond acceptors (Lipinski definition) is 6. The minimum atomic E-state index is -1.07. The Morgan fingerprint density at radius 2 is 1.39 bits per heavy atom. The predicted octanol–water partition coefficient (Wildman–Crippen LogP) is 4.97. The molecule has 3 aromatic rings. The van der Waals surface area contributed by atoms with Crippen molar-refractivity contribution in [2.24, 2.45) is 0 Å². The number of carbonyl (C=O) groups is 2. The lowest BCUT2D eigenvalue weighted by atomic mass is 9.80. The predicted molar refractivity (Wildman–Crippen MR) is 171 cm³/mol. The molecule has 0 saturated carbocycles. The summed E-state index contributed by atoms with van der Waals surface area (Å²) >= 11 is 0. The van der Waals surface area contributed by atoms with E-state index in [2.05, 4.69) is 16.6 Å². The van der Waals surface area contributed by atoms with Crippen LogP contribution in [0.15, 0.2) is 78.9 Å². The minimum absolute atomic E-state index is 0.0417. The summed E-state index contributed by atoms with van der Waals surface area (Å²) in [7, 11) is 3.24. The maximum absolute atomic E-state index is 12.9. The second-order valence-corrected chi connectivity index (χ2v) is 10.6. The summed E-state index contributed by atoms with van der Waals surface area (Å²) in [4.78, 5) is 24.6. The van der Waals surface area contributed by atoms with Gasteiger partial charge in [-0.05, 0) is 60.7 Å². The summed E-state index contributed by atoms with van der Waals surface area (Å²) in [5.41, 5.74) is 1.54. The lowest BCUT2D eigenvalue weighted by molar-refractivity contribution is -0.124. The van der Waals surface area contributed by atoms with E-state index in [1.54, 1.807) is 21.1 Å². The minimum Gasteiger partial charge on any atom is -0.497 e. The Kier molecular flexibility index (Phi) is 13.8. The highest BCUT2D eigenvalue weighted by Crippen LogP contribution is 2.41. The molecule has 0 heterocycles. The molecule has 3 rings (SSSR count). The molecule has 0 aliphatic rings. The van der Waals surface area contributed by atoms with Crippen molar-refractivity contribution in [3.8, 4) is 23.8 Å². The zero-order valence-corrected chi connectivity index (χ0v) is 25.9. The number of methoxy groups -OCH3 is 2. The molecule has 2 atom stereocenters. The van der Waals surface area contributed by atoms with Crippen molar-refractivity contribution in [3.63, 3.8) is 0 Å². The van der Waals surface area contributed by atoms with Crippen LogP contribution in [0, 0.1) is 12.3 Å². The van der Waals surface area contributed by atoms with Gasteiger partial charge in [-0.15, -0.1) is 12.3 Å². The number of terminal acetylenes is 1. The molecule has 0 spiro atoms. The van der Waals surface area contributed by atoms with Crippen LogP contribution in [-0.4, -0.2) is 56.4 Å². The first-order chi connectivity index (χ1) is 21.3. The van der Waals surface area contributed by atoms with Gasteiger partial charge in [-0.3, -0.25) is 9.59 Å². The van der Waals surface area contributed by atoms with E-state index in [1.807, 2.05) is 78.9 Å². The van der Waals surface area contributed by atoms with Crippen LogP contribution in [0.3, 0.4) is 0 Å². The summed E-state index contributed by atoms with van der Waals surface area (Å²) in [5.74, 6) is 3.65. The first-order valence-electron chi connectivity index (χ1n) is 15.0. The molecule has 234 valence electrons. The average molecular weight is 601 g/mol. The smallest absolute Gasteiger partial charge is 0.220 e. The monoisotopic (exact) mass is 600 g/mol. The van der Waals surface area contributed by atoms with Gasteiger partial charge in [0.25, 0.3) is 0 Å². The maximum atomic E-state index is 12.9. The molecule has 0 aliphatic heterocycles. The van der Waals surface area contributed by atoms with Crippen molar-refractivity contribution in [1.29, 1.82) is 0 Å². The third kappa shape index (κ3) is 9.60. The molecule has 0 saturated heterocycles. The van der Waals surface area contributed by atoms with Gasteiger partial charge in [0.1, 0.15) is 17.1 Å². The van der Waals surface area contributed by atoms with E-state index in [1.165, 1.54) is 0 Å². The third-order valence-electron chi connectivity index (χ3n) is 7.48. The zero-order chi connectivity index (χ0) is 31.8. The fourth-order valence-electron chi connectivity index (χ4n) is 4.96. The second kappa shape index (κ2) is 17.7. The fraction of sp³-hybridized carbons (Fsp3) is 0.389. The molecular weight excluding hydrogens is 556 g/mol. The van der Waals surface area contributed by atoms with E-state index in [-0.39, 0.29) is 18.4 Å². The van der Waals surface area contributed by atoms with Crippen LogP contribution >= 0.6 is 0 Å². The third-order valence-corrected chi connectivity index (χ3v) is 7.48. The molecule has 0 aliphatic carbocycles. The zero-order valence-electron chi connectivity index (χ0n) is 25.9. The van der Waals surface area contributed by atoms with Gasteiger partial charge in [-0.25, -0.2) is 0 Å². The quantitative estimate of drug-likeness (QED) is 0.108. The van der Waals surface area contributed by atoms with Gasteiger partial charge in [0.2, 0.25) is 11.8 Å². The normalized spacial score (nSPS) is 12.4. The van der Waals surface area contributed by atoms with Crippen molar-refractivity contribution in [2.75, 3.05) is 27.4 Å². The highest BCUT2D eigenvalue weighted by molar-refractivity contribution is 5.76. The number of rotatable bonds is 18. The first kappa shape index (κ1) is 34.2. The molecule has 8 nitrogen and oxygen atoms in total. The fourth-order valence-corrected chi connectivity index (χ4v) is 4.96. The Labute approximate surface area is 261 Å². The molecule has 8 heteroatoms. The van der Waals surface area contributed by atoms with Crippen LogP contribution in [0.2, 0.25) is 0 Å². The average Bonchev–Trinajstić information content (AvgIpc) is 3.05. The van der Waals surface area contributed by atoms with E-state index in [4.69, 9.17) is 20.6 Å². The number of aliphatic hydroxyl groups is 1. The molecule has 0 fully saturated rings. The van der Waals surface area contributed by atoms with Crippen molar-refractivity contribution in [2.45, 2.75) is 63.2 Å². The van der Waals surface area contributed by atoms with Crippen LogP contribution < -0.4 is 20.1 Å². The number of benzene rings is 3. The standard InChI is InChI=1S/C36H44N2O6/c1-5-6-15-34(40)37-25-12-8-11-16-35(41)38-33(27(2)39)26-44-36(28-13-9-7-10-14-28,29-17-21-31(42-3)22-18-29)30-19-23-32(43-4)24-20-30/h1,7,9-10,13-14,17-24,27,33,39H,6,8,11-12,15-16,25-26H2,2-4H3,(H,37,40)(H,38,41)/t27-,33-/m1/s1. The molecule has 3 N–H and O–H groups in total. The number of aliphatic hydroxyl groups excluding tert-OH is 1. The Bertz CT molecular complexity index is 1290. The van der Waals surface area contributed by atoms with Crippen LogP contribution in [0.5, 0.6) is 11.5 Å². The number of nitrogens with one attached hydrogen (secondary N) is 2. The number of carbonyl (C=O) groups excluding carboxylic acids is 2. The number of amides is 2.